The minimum Gasteiger partial charge on any atom is -0.439 e. The zero-order valence-electron chi connectivity index (χ0n) is 7.51. The summed E-state index contributed by atoms with van der Waals surface area (Å²) in [5, 5.41) is 0. The molecule has 1 aromatic heterocycles. The molecule has 0 aliphatic heterocycles. The van der Waals surface area contributed by atoms with E-state index in [0.717, 1.165) is 4.47 Å². The molecular formula is C10H6BrF2NO. The lowest BCUT2D eigenvalue weighted by molar-refractivity contribution is 0.108. The van der Waals surface area contributed by atoms with Crippen molar-refractivity contribution >= 4 is 27.0 Å². The Morgan fingerprint density at radius 3 is 2.80 bits per heavy atom. The lowest BCUT2D eigenvalue weighted by Crippen LogP contribution is -1.92. The molecule has 15 heavy (non-hydrogen) atoms. The molecule has 1 heterocycles. The zero-order valence-corrected chi connectivity index (χ0v) is 9.09. The predicted octanol–water partition coefficient (Wildman–Crippen LogP) is 3.71. The number of hydrogen-bond acceptors (Lipinski definition) is 2. The minimum absolute atomic E-state index is 0.141. The van der Waals surface area contributed by atoms with Gasteiger partial charge in [-0.05, 0) is 28.1 Å². The van der Waals surface area contributed by atoms with E-state index in [1.54, 1.807) is 18.2 Å². The Hall–Kier alpha value is -0.970. The summed E-state index contributed by atoms with van der Waals surface area (Å²) in [6, 6.07) is 5.33. The van der Waals surface area contributed by atoms with Crippen LogP contribution in [-0.4, -0.2) is 10.9 Å². The van der Waals surface area contributed by atoms with E-state index in [4.69, 9.17) is 4.42 Å². The summed E-state index contributed by atoms with van der Waals surface area (Å²) >= 11 is 3.29. The molecule has 0 bridgehead atoms. The highest BCUT2D eigenvalue weighted by Crippen LogP contribution is 2.55. The largest absolute Gasteiger partial charge is 0.439 e. The minimum atomic E-state index is -2.63. The van der Waals surface area contributed by atoms with Crippen LogP contribution in [0.2, 0.25) is 0 Å². The molecule has 1 aromatic carbocycles. The molecule has 1 fully saturated rings. The Morgan fingerprint density at radius 2 is 2.20 bits per heavy atom. The van der Waals surface area contributed by atoms with Gasteiger partial charge in [-0.3, -0.25) is 0 Å². The van der Waals surface area contributed by atoms with Crippen molar-refractivity contribution in [3.63, 3.8) is 0 Å². The number of alkyl halides is 2. The van der Waals surface area contributed by atoms with E-state index in [0.29, 0.717) is 11.1 Å². The highest BCUT2D eigenvalue weighted by molar-refractivity contribution is 9.10. The van der Waals surface area contributed by atoms with Crippen molar-refractivity contribution in [1.82, 2.24) is 4.98 Å². The van der Waals surface area contributed by atoms with E-state index in [2.05, 4.69) is 20.9 Å². The lowest BCUT2D eigenvalue weighted by atomic mass is 10.3. The van der Waals surface area contributed by atoms with Gasteiger partial charge in [-0.15, -0.1) is 0 Å². The quantitative estimate of drug-likeness (QED) is 0.792. The first-order valence-electron chi connectivity index (χ1n) is 4.51. The number of nitrogens with zero attached hydrogens (tertiary/aromatic N) is 1. The lowest BCUT2D eigenvalue weighted by Gasteiger charge is -1.90. The number of hydrogen-bond donors (Lipinski definition) is 0. The SMILES string of the molecule is FC1(F)CC1c1nc2cccc(Br)c2o1. The normalized spacial score (nSPS) is 23.3. The molecule has 2 aromatic rings. The fourth-order valence-electron chi connectivity index (χ4n) is 1.56. The molecule has 2 nitrogen and oxygen atoms in total. The summed E-state index contributed by atoms with van der Waals surface area (Å²) in [5.41, 5.74) is 1.15. The maximum atomic E-state index is 12.8. The van der Waals surface area contributed by atoms with E-state index < -0.39 is 11.8 Å². The van der Waals surface area contributed by atoms with Crippen LogP contribution in [0.3, 0.4) is 0 Å². The van der Waals surface area contributed by atoms with Gasteiger partial charge in [0.15, 0.2) is 5.58 Å². The first-order valence-corrected chi connectivity index (χ1v) is 5.30. The molecule has 0 N–H and O–H groups in total. The number of benzene rings is 1. The molecule has 1 saturated carbocycles. The Morgan fingerprint density at radius 1 is 1.47 bits per heavy atom. The van der Waals surface area contributed by atoms with Crippen molar-refractivity contribution in [3.05, 3.63) is 28.6 Å². The van der Waals surface area contributed by atoms with Crippen LogP contribution in [0.15, 0.2) is 27.1 Å². The number of oxazole rings is 1. The van der Waals surface area contributed by atoms with Gasteiger partial charge < -0.3 is 4.42 Å². The molecule has 1 unspecified atom stereocenters. The maximum absolute atomic E-state index is 12.8. The molecule has 78 valence electrons. The van der Waals surface area contributed by atoms with E-state index in [1.165, 1.54) is 0 Å². The molecular weight excluding hydrogens is 268 g/mol. The summed E-state index contributed by atoms with van der Waals surface area (Å²) in [4.78, 5) is 4.05. The average molecular weight is 274 g/mol. The summed E-state index contributed by atoms with van der Waals surface area (Å²) in [6.45, 7) is 0. The summed E-state index contributed by atoms with van der Waals surface area (Å²) in [5.74, 6) is -3.33. The van der Waals surface area contributed by atoms with Gasteiger partial charge in [-0.2, -0.15) is 0 Å². The van der Waals surface area contributed by atoms with E-state index >= 15 is 0 Å². The van der Waals surface area contributed by atoms with Gasteiger partial charge in [0.1, 0.15) is 11.4 Å². The Labute approximate surface area is 92.4 Å². The fraction of sp³-hybridized carbons (Fsp3) is 0.300. The van der Waals surface area contributed by atoms with Gasteiger partial charge in [0.2, 0.25) is 5.89 Å². The number of aromatic nitrogens is 1. The van der Waals surface area contributed by atoms with Gasteiger partial charge in [-0.25, -0.2) is 13.8 Å². The van der Waals surface area contributed by atoms with Gasteiger partial charge in [-0.1, -0.05) is 6.07 Å². The number of rotatable bonds is 1. The molecule has 0 radical (unpaired) electrons. The number of fused-ring (bicyclic) bond motifs is 1. The van der Waals surface area contributed by atoms with Crippen LogP contribution in [0, 0.1) is 0 Å². The third kappa shape index (κ3) is 1.37. The summed E-state index contributed by atoms with van der Waals surface area (Å²) in [7, 11) is 0. The van der Waals surface area contributed by atoms with Crippen molar-refractivity contribution in [2.45, 2.75) is 18.3 Å². The van der Waals surface area contributed by atoms with Crippen molar-refractivity contribution < 1.29 is 13.2 Å². The number of para-hydroxylation sites is 1. The Balaban J connectivity index is 2.12. The second-order valence-corrected chi connectivity index (χ2v) is 4.51. The highest BCUT2D eigenvalue weighted by atomic mass is 79.9. The van der Waals surface area contributed by atoms with Gasteiger partial charge >= 0.3 is 0 Å². The fourth-order valence-corrected chi connectivity index (χ4v) is 2.00. The molecule has 1 aliphatic carbocycles. The van der Waals surface area contributed by atoms with Crippen molar-refractivity contribution in [2.75, 3.05) is 0 Å². The Bertz CT molecular complexity index is 537. The van der Waals surface area contributed by atoms with E-state index in [1.807, 2.05) is 0 Å². The molecule has 0 spiro atoms. The van der Waals surface area contributed by atoms with Gasteiger partial charge in [0, 0.05) is 6.42 Å². The average Bonchev–Trinajstić information content (AvgIpc) is 2.62. The molecule has 1 atom stereocenters. The van der Waals surface area contributed by atoms with Crippen LogP contribution >= 0.6 is 15.9 Å². The smallest absolute Gasteiger partial charge is 0.260 e. The van der Waals surface area contributed by atoms with Gasteiger partial charge in [0.05, 0.1) is 4.47 Å². The molecule has 1 aliphatic rings. The van der Waals surface area contributed by atoms with Crippen LogP contribution in [0.4, 0.5) is 8.78 Å². The van der Waals surface area contributed by atoms with Crippen LogP contribution in [0.25, 0.3) is 11.1 Å². The third-order valence-corrected chi connectivity index (χ3v) is 3.13. The van der Waals surface area contributed by atoms with Crippen LogP contribution < -0.4 is 0 Å². The second-order valence-electron chi connectivity index (χ2n) is 3.66. The number of halogens is 3. The van der Waals surface area contributed by atoms with Crippen molar-refractivity contribution in [2.24, 2.45) is 0 Å². The van der Waals surface area contributed by atoms with Crippen molar-refractivity contribution in [1.29, 1.82) is 0 Å². The van der Waals surface area contributed by atoms with Crippen molar-refractivity contribution in [3.8, 4) is 0 Å². The van der Waals surface area contributed by atoms with E-state index in [-0.39, 0.29) is 12.3 Å². The molecule has 0 saturated heterocycles. The topological polar surface area (TPSA) is 26.0 Å². The molecule has 0 amide bonds. The third-order valence-electron chi connectivity index (χ3n) is 2.51. The van der Waals surface area contributed by atoms with E-state index in [9.17, 15) is 8.78 Å². The highest BCUT2D eigenvalue weighted by Gasteiger charge is 2.60. The second kappa shape index (κ2) is 2.78. The standard InChI is InChI=1S/C10H6BrF2NO/c11-6-2-1-3-7-8(6)15-9(14-7)5-4-10(5,12)13/h1-3,5H,4H2. The van der Waals surface area contributed by atoms with Crippen LogP contribution in [0.1, 0.15) is 18.2 Å². The molecule has 3 rings (SSSR count). The summed E-state index contributed by atoms with van der Waals surface area (Å²) < 4.78 is 31.7. The first-order chi connectivity index (χ1) is 7.08. The van der Waals surface area contributed by atoms with Crippen LogP contribution in [0.5, 0.6) is 0 Å². The Kier molecular flexibility index (Phi) is 1.72. The maximum Gasteiger partial charge on any atom is 0.260 e. The summed E-state index contributed by atoms with van der Waals surface area (Å²) in [6.07, 6.45) is -0.155. The first kappa shape index (κ1) is 9.27. The monoisotopic (exact) mass is 273 g/mol. The van der Waals surface area contributed by atoms with Crippen LogP contribution in [-0.2, 0) is 0 Å². The zero-order chi connectivity index (χ0) is 10.6. The predicted molar refractivity (Wildman–Crippen MR) is 54.0 cm³/mol. The molecule has 5 heteroatoms. The van der Waals surface area contributed by atoms with Gasteiger partial charge in [0.25, 0.3) is 5.92 Å².